The zero-order chi connectivity index (χ0) is 21.3. The van der Waals surface area contributed by atoms with Gasteiger partial charge in [0.05, 0.1) is 24.5 Å². The molecule has 158 valence electrons. The molecular formula is C17H18N6O7. The van der Waals surface area contributed by atoms with E-state index < -0.39 is 36.1 Å². The van der Waals surface area contributed by atoms with Gasteiger partial charge in [-0.05, 0) is 17.7 Å². The van der Waals surface area contributed by atoms with E-state index >= 15 is 0 Å². The Hall–Kier alpha value is -3.23. The number of nitrogens with zero attached hydrogens (tertiary/aromatic N) is 5. The topological polar surface area (TPSA) is 178 Å². The average Bonchev–Trinajstić information content (AvgIpc) is 3.30. The number of nitro groups is 1. The normalized spacial score (nSPS) is 23.7. The first-order chi connectivity index (χ1) is 14.5. The van der Waals surface area contributed by atoms with Crippen molar-refractivity contribution >= 4 is 22.7 Å². The SMILES string of the molecule is O=[N+]([O-])c1ccc(CONc2ncnc3c2ncn3[C@@H]2O[C@H](CO)[C@@H](O)[C@H]2O)cc1. The van der Waals surface area contributed by atoms with Gasteiger partial charge in [-0.2, -0.15) is 0 Å². The molecule has 13 nitrogen and oxygen atoms in total. The maximum atomic E-state index is 10.7. The third-order valence-corrected chi connectivity index (χ3v) is 4.70. The molecule has 4 atom stereocenters. The molecule has 4 rings (SSSR count). The number of benzene rings is 1. The molecule has 0 saturated carbocycles. The summed E-state index contributed by atoms with van der Waals surface area (Å²) in [6, 6.07) is 5.91. The van der Waals surface area contributed by atoms with Crippen LogP contribution in [-0.2, 0) is 16.2 Å². The summed E-state index contributed by atoms with van der Waals surface area (Å²) < 4.78 is 6.94. The first-order valence-electron chi connectivity index (χ1n) is 8.90. The number of nitro benzene ring substituents is 1. The zero-order valence-electron chi connectivity index (χ0n) is 15.4. The maximum Gasteiger partial charge on any atom is 0.269 e. The molecule has 1 saturated heterocycles. The lowest BCUT2D eigenvalue weighted by molar-refractivity contribution is -0.384. The molecule has 3 aromatic rings. The number of aliphatic hydroxyl groups excluding tert-OH is 3. The number of ether oxygens (including phenoxy) is 1. The van der Waals surface area contributed by atoms with Gasteiger partial charge in [0.2, 0.25) is 0 Å². The van der Waals surface area contributed by atoms with E-state index in [-0.39, 0.29) is 18.1 Å². The third-order valence-electron chi connectivity index (χ3n) is 4.70. The van der Waals surface area contributed by atoms with Gasteiger partial charge in [0.15, 0.2) is 23.2 Å². The predicted molar refractivity (Wildman–Crippen MR) is 99.8 cm³/mol. The molecular weight excluding hydrogens is 400 g/mol. The van der Waals surface area contributed by atoms with Crippen molar-refractivity contribution < 1.29 is 29.8 Å². The van der Waals surface area contributed by atoms with Gasteiger partial charge in [-0.3, -0.25) is 19.5 Å². The van der Waals surface area contributed by atoms with Crippen LogP contribution < -0.4 is 5.48 Å². The van der Waals surface area contributed by atoms with Crippen molar-refractivity contribution in [3.05, 3.63) is 52.6 Å². The number of hydrogen-bond donors (Lipinski definition) is 4. The molecule has 0 aliphatic carbocycles. The molecule has 13 heteroatoms. The summed E-state index contributed by atoms with van der Waals surface area (Å²) in [7, 11) is 0. The van der Waals surface area contributed by atoms with Crippen LogP contribution in [0.4, 0.5) is 11.5 Å². The number of anilines is 1. The van der Waals surface area contributed by atoms with Crippen LogP contribution >= 0.6 is 0 Å². The van der Waals surface area contributed by atoms with Crippen molar-refractivity contribution in [1.82, 2.24) is 19.5 Å². The predicted octanol–water partition coefficient (Wildman–Crippen LogP) is -0.110. The highest BCUT2D eigenvalue weighted by molar-refractivity contribution is 5.82. The number of aliphatic hydroxyl groups is 3. The van der Waals surface area contributed by atoms with Crippen molar-refractivity contribution in [1.29, 1.82) is 0 Å². The van der Waals surface area contributed by atoms with Gasteiger partial charge in [0.1, 0.15) is 24.6 Å². The van der Waals surface area contributed by atoms with Gasteiger partial charge < -0.3 is 20.1 Å². The highest BCUT2D eigenvalue weighted by atomic mass is 16.6. The lowest BCUT2D eigenvalue weighted by Crippen LogP contribution is -2.33. The van der Waals surface area contributed by atoms with Gasteiger partial charge in [-0.15, -0.1) is 0 Å². The second-order valence-electron chi connectivity index (χ2n) is 6.59. The van der Waals surface area contributed by atoms with Gasteiger partial charge in [0.25, 0.3) is 5.69 Å². The Kier molecular flexibility index (Phi) is 5.52. The Bertz CT molecular complexity index is 1040. The minimum Gasteiger partial charge on any atom is -0.394 e. The third kappa shape index (κ3) is 3.67. The maximum absolute atomic E-state index is 10.7. The smallest absolute Gasteiger partial charge is 0.269 e. The molecule has 3 heterocycles. The highest BCUT2D eigenvalue weighted by Crippen LogP contribution is 2.32. The lowest BCUT2D eigenvalue weighted by atomic mass is 10.1. The number of non-ortho nitro benzene ring substituents is 1. The van der Waals surface area contributed by atoms with Crippen molar-refractivity contribution in [2.24, 2.45) is 0 Å². The van der Waals surface area contributed by atoms with Crippen LogP contribution in [0, 0.1) is 10.1 Å². The Morgan fingerprint density at radius 1 is 1.20 bits per heavy atom. The van der Waals surface area contributed by atoms with E-state index in [4.69, 9.17) is 9.57 Å². The average molecular weight is 418 g/mol. The van der Waals surface area contributed by atoms with Crippen molar-refractivity contribution in [2.45, 2.75) is 31.1 Å². The quantitative estimate of drug-likeness (QED) is 0.297. The Balaban J connectivity index is 1.48. The molecule has 30 heavy (non-hydrogen) atoms. The summed E-state index contributed by atoms with van der Waals surface area (Å²) >= 11 is 0. The number of nitrogens with one attached hydrogen (secondary N) is 1. The molecule has 0 spiro atoms. The van der Waals surface area contributed by atoms with Crippen molar-refractivity contribution in [3.8, 4) is 0 Å². The number of aromatic nitrogens is 4. The largest absolute Gasteiger partial charge is 0.394 e. The van der Waals surface area contributed by atoms with Crippen LogP contribution in [0.15, 0.2) is 36.9 Å². The van der Waals surface area contributed by atoms with E-state index in [2.05, 4.69) is 20.4 Å². The van der Waals surface area contributed by atoms with E-state index in [9.17, 15) is 25.4 Å². The van der Waals surface area contributed by atoms with E-state index in [0.717, 1.165) is 0 Å². The minimum absolute atomic E-state index is 0.0142. The summed E-state index contributed by atoms with van der Waals surface area (Å²) in [5.74, 6) is 0.257. The van der Waals surface area contributed by atoms with E-state index in [0.29, 0.717) is 16.7 Å². The van der Waals surface area contributed by atoms with Crippen LogP contribution in [0.5, 0.6) is 0 Å². The monoisotopic (exact) mass is 418 g/mol. The summed E-state index contributed by atoms with van der Waals surface area (Å²) in [5, 5.41) is 40.1. The van der Waals surface area contributed by atoms with E-state index in [1.54, 1.807) is 12.1 Å². The molecule has 1 aliphatic heterocycles. The molecule has 1 fully saturated rings. The first kappa shape index (κ1) is 20.1. The lowest BCUT2D eigenvalue weighted by Gasteiger charge is -2.16. The number of fused-ring (bicyclic) bond motifs is 1. The first-order valence-corrected chi connectivity index (χ1v) is 8.90. The van der Waals surface area contributed by atoms with Crippen LogP contribution in [0.1, 0.15) is 11.8 Å². The fourth-order valence-corrected chi connectivity index (χ4v) is 3.12. The Morgan fingerprint density at radius 3 is 2.63 bits per heavy atom. The standard InChI is InChI=1S/C17H18N6O7/c24-5-11-13(25)14(26)17(30-11)22-8-20-12-15(18-7-19-16(12)22)21-29-6-9-1-3-10(4-2-9)23(27)28/h1-4,7-8,11,13-14,17,24-26H,5-6H2,(H,18,19,21)/t11-,13-,14-,17-/m1/s1. The summed E-state index contributed by atoms with van der Waals surface area (Å²) in [5.41, 5.74) is 4.01. The summed E-state index contributed by atoms with van der Waals surface area (Å²) in [6.45, 7) is -0.335. The molecule has 0 bridgehead atoms. The fraction of sp³-hybridized carbons (Fsp3) is 0.353. The highest BCUT2D eigenvalue weighted by Gasteiger charge is 2.44. The second kappa shape index (κ2) is 8.25. The minimum atomic E-state index is -1.27. The van der Waals surface area contributed by atoms with Crippen LogP contribution in [0.3, 0.4) is 0 Å². The Labute approximate surface area is 168 Å². The summed E-state index contributed by atoms with van der Waals surface area (Å²) in [4.78, 5) is 28.1. The second-order valence-corrected chi connectivity index (χ2v) is 6.59. The molecule has 0 amide bonds. The Morgan fingerprint density at radius 2 is 1.97 bits per heavy atom. The van der Waals surface area contributed by atoms with Crippen LogP contribution in [0.2, 0.25) is 0 Å². The van der Waals surface area contributed by atoms with Crippen molar-refractivity contribution in [2.75, 3.05) is 12.1 Å². The number of imidazole rings is 1. The molecule has 1 aliphatic rings. The number of hydrogen-bond acceptors (Lipinski definition) is 11. The van der Waals surface area contributed by atoms with Crippen LogP contribution in [0.25, 0.3) is 11.2 Å². The molecule has 1 aromatic carbocycles. The number of rotatable bonds is 7. The summed E-state index contributed by atoms with van der Waals surface area (Å²) in [6.07, 6.45) is -1.79. The molecule has 0 unspecified atom stereocenters. The molecule has 2 aromatic heterocycles. The van der Waals surface area contributed by atoms with Gasteiger partial charge in [-0.1, -0.05) is 0 Å². The van der Waals surface area contributed by atoms with E-state index in [1.807, 2.05) is 0 Å². The molecule has 4 N–H and O–H groups in total. The fourth-order valence-electron chi connectivity index (χ4n) is 3.12. The van der Waals surface area contributed by atoms with E-state index in [1.165, 1.54) is 29.4 Å². The zero-order valence-corrected chi connectivity index (χ0v) is 15.4. The van der Waals surface area contributed by atoms with Gasteiger partial charge in [-0.25, -0.2) is 20.4 Å². The van der Waals surface area contributed by atoms with Crippen LogP contribution in [-0.4, -0.2) is 64.7 Å². The van der Waals surface area contributed by atoms with Crippen molar-refractivity contribution in [3.63, 3.8) is 0 Å². The molecule has 0 radical (unpaired) electrons. The van der Waals surface area contributed by atoms with Gasteiger partial charge >= 0.3 is 0 Å². The van der Waals surface area contributed by atoms with Gasteiger partial charge in [0, 0.05) is 12.1 Å².